The van der Waals surface area contributed by atoms with E-state index in [-0.39, 0.29) is 18.1 Å². The lowest BCUT2D eigenvalue weighted by atomic mass is 9.77. The fourth-order valence-electron chi connectivity index (χ4n) is 2.76. The Morgan fingerprint density at radius 2 is 1.81 bits per heavy atom. The number of amides is 1. The van der Waals surface area contributed by atoms with E-state index >= 15 is 0 Å². The van der Waals surface area contributed by atoms with Crippen molar-refractivity contribution in [3.63, 3.8) is 0 Å². The molecule has 114 valence electrons. The molecule has 1 aliphatic carbocycles. The highest BCUT2D eigenvalue weighted by Gasteiger charge is 2.42. The van der Waals surface area contributed by atoms with Crippen LogP contribution in [-0.2, 0) is 16.0 Å². The molecule has 1 fully saturated rings. The topological polar surface area (TPSA) is 86.6 Å². The van der Waals surface area contributed by atoms with Gasteiger partial charge in [-0.1, -0.05) is 19.1 Å². The van der Waals surface area contributed by atoms with Gasteiger partial charge in [0.15, 0.2) is 0 Å². The zero-order valence-corrected chi connectivity index (χ0v) is 12.1. The Kier molecular flexibility index (Phi) is 4.50. The molecule has 21 heavy (non-hydrogen) atoms. The maximum atomic E-state index is 12.1. The number of hydrogen-bond acceptors (Lipinski definition) is 3. The standard InChI is InChI=1S/C16H21NO4/c1-11-6-8-16(9-7-11,15(20)21)17-14(19)10-12-2-4-13(18)5-3-12/h2-5,11,18H,6-10H2,1H3,(H,17,19)(H,20,21). The van der Waals surface area contributed by atoms with Crippen LogP contribution in [0.15, 0.2) is 24.3 Å². The summed E-state index contributed by atoms with van der Waals surface area (Å²) in [7, 11) is 0. The molecule has 0 atom stereocenters. The highest BCUT2D eigenvalue weighted by Crippen LogP contribution is 2.32. The molecule has 1 saturated carbocycles. The number of aromatic hydroxyl groups is 1. The van der Waals surface area contributed by atoms with E-state index in [0.29, 0.717) is 18.8 Å². The maximum Gasteiger partial charge on any atom is 0.329 e. The van der Waals surface area contributed by atoms with Gasteiger partial charge in [0, 0.05) is 0 Å². The Labute approximate surface area is 124 Å². The molecule has 2 rings (SSSR count). The number of aliphatic carboxylic acids is 1. The van der Waals surface area contributed by atoms with Crippen molar-refractivity contribution in [2.24, 2.45) is 5.92 Å². The van der Waals surface area contributed by atoms with Crippen molar-refractivity contribution in [2.45, 2.75) is 44.6 Å². The average molecular weight is 291 g/mol. The second-order valence-electron chi connectivity index (χ2n) is 5.96. The van der Waals surface area contributed by atoms with E-state index in [4.69, 9.17) is 0 Å². The van der Waals surface area contributed by atoms with Gasteiger partial charge >= 0.3 is 5.97 Å². The number of carboxylic acid groups (broad SMARTS) is 1. The molecule has 0 saturated heterocycles. The molecule has 0 radical (unpaired) electrons. The summed E-state index contributed by atoms with van der Waals surface area (Å²) < 4.78 is 0. The van der Waals surface area contributed by atoms with E-state index in [1.165, 1.54) is 12.1 Å². The Balaban J connectivity index is 2.02. The van der Waals surface area contributed by atoms with Crippen LogP contribution in [0.4, 0.5) is 0 Å². The fraction of sp³-hybridized carbons (Fsp3) is 0.500. The van der Waals surface area contributed by atoms with E-state index in [2.05, 4.69) is 12.2 Å². The summed E-state index contributed by atoms with van der Waals surface area (Å²) in [6, 6.07) is 6.34. The van der Waals surface area contributed by atoms with Crippen LogP contribution in [0.1, 0.15) is 38.2 Å². The van der Waals surface area contributed by atoms with Crippen LogP contribution < -0.4 is 5.32 Å². The molecule has 0 spiro atoms. The number of phenols is 1. The van der Waals surface area contributed by atoms with Crippen molar-refractivity contribution in [3.05, 3.63) is 29.8 Å². The van der Waals surface area contributed by atoms with Gasteiger partial charge in [0.05, 0.1) is 6.42 Å². The van der Waals surface area contributed by atoms with Crippen molar-refractivity contribution in [1.82, 2.24) is 5.32 Å². The van der Waals surface area contributed by atoms with Crippen molar-refractivity contribution in [2.75, 3.05) is 0 Å². The van der Waals surface area contributed by atoms with Crippen LogP contribution in [0.3, 0.4) is 0 Å². The van der Waals surface area contributed by atoms with Crippen molar-refractivity contribution in [3.8, 4) is 5.75 Å². The first-order valence-electron chi connectivity index (χ1n) is 7.23. The van der Waals surface area contributed by atoms with E-state index in [1.54, 1.807) is 12.1 Å². The number of hydrogen-bond donors (Lipinski definition) is 3. The molecule has 3 N–H and O–H groups in total. The van der Waals surface area contributed by atoms with E-state index in [1.807, 2.05) is 0 Å². The first kappa shape index (κ1) is 15.4. The third-order valence-electron chi connectivity index (χ3n) is 4.22. The van der Waals surface area contributed by atoms with Gasteiger partial charge in [-0.3, -0.25) is 4.79 Å². The first-order valence-corrected chi connectivity index (χ1v) is 7.23. The maximum absolute atomic E-state index is 12.1. The van der Waals surface area contributed by atoms with Gasteiger partial charge in [-0.15, -0.1) is 0 Å². The third kappa shape index (κ3) is 3.74. The minimum atomic E-state index is -1.12. The highest BCUT2D eigenvalue weighted by molar-refractivity contribution is 5.88. The molecule has 0 unspecified atom stereocenters. The zero-order chi connectivity index (χ0) is 15.5. The average Bonchev–Trinajstić information content (AvgIpc) is 2.44. The minimum Gasteiger partial charge on any atom is -0.508 e. The Bertz CT molecular complexity index is 516. The summed E-state index contributed by atoms with van der Waals surface area (Å²) in [5, 5.41) is 21.4. The SMILES string of the molecule is CC1CCC(NC(=O)Cc2ccc(O)cc2)(C(=O)O)CC1. The number of rotatable bonds is 4. The lowest BCUT2D eigenvalue weighted by Crippen LogP contribution is -2.56. The molecule has 5 nitrogen and oxygen atoms in total. The van der Waals surface area contributed by atoms with Crippen LogP contribution in [-0.4, -0.2) is 27.6 Å². The van der Waals surface area contributed by atoms with Crippen LogP contribution in [0.5, 0.6) is 5.75 Å². The summed E-state index contributed by atoms with van der Waals surface area (Å²) in [6.45, 7) is 2.10. The monoisotopic (exact) mass is 291 g/mol. The molecule has 0 aromatic heterocycles. The third-order valence-corrected chi connectivity index (χ3v) is 4.22. The van der Waals surface area contributed by atoms with Crippen molar-refractivity contribution in [1.29, 1.82) is 0 Å². The summed E-state index contributed by atoms with van der Waals surface area (Å²) >= 11 is 0. The lowest BCUT2D eigenvalue weighted by Gasteiger charge is -2.36. The van der Waals surface area contributed by atoms with Crippen LogP contribution in [0.25, 0.3) is 0 Å². The van der Waals surface area contributed by atoms with Crippen LogP contribution in [0, 0.1) is 5.92 Å². The van der Waals surface area contributed by atoms with E-state index in [0.717, 1.165) is 18.4 Å². The highest BCUT2D eigenvalue weighted by atomic mass is 16.4. The van der Waals surface area contributed by atoms with Gasteiger partial charge in [0.2, 0.25) is 5.91 Å². The Morgan fingerprint density at radius 1 is 1.24 bits per heavy atom. The van der Waals surface area contributed by atoms with Gasteiger partial charge in [0.25, 0.3) is 0 Å². The van der Waals surface area contributed by atoms with E-state index < -0.39 is 11.5 Å². The molecule has 1 aromatic rings. The number of phenolic OH excluding ortho intramolecular Hbond substituents is 1. The molecule has 1 aromatic carbocycles. The molecular weight excluding hydrogens is 270 g/mol. The molecule has 0 aliphatic heterocycles. The van der Waals surface area contributed by atoms with Gasteiger partial charge in [-0.2, -0.15) is 0 Å². The van der Waals surface area contributed by atoms with Gasteiger partial charge in [-0.05, 0) is 49.3 Å². The van der Waals surface area contributed by atoms with Gasteiger partial charge < -0.3 is 15.5 Å². The minimum absolute atomic E-state index is 0.116. The van der Waals surface area contributed by atoms with E-state index in [9.17, 15) is 19.8 Å². The predicted octanol–water partition coefficient (Wildman–Crippen LogP) is 2.08. The number of carbonyl (C=O) groups is 2. The number of carboxylic acids is 1. The second kappa shape index (κ2) is 6.16. The smallest absolute Gasteiger partial charge is 0.329 e. The molecular formula is C16H21NO4. The quantitative estimate of drug-likeness (QED) is 0.792. The van der Waals surface area contributed by atoms with Crippen LogP contribution in [0.2, 0.25) is 0 Å². The number of carbonyl (C=O) groups excluding carboxylic acids is 1. The molecule has 1 aliphatic rings. The molecule has 1 amide bonds. The number of nitrogens with one attached hydrogen (secondary N) is 1. The molecule has 5 heteroatoms. The number of benzene rings is 1. The Morgan fingerprint density at radius 3 is 2.33 bits per heavy atom. The van der Waals surface area contributed by atoms with Gasteiger partial charge in [0.1, 0.15) is 11.3 Å². The normalized spacial score (nSPS) is 25.3. The summed E-state index contributed by atoms with van der Waals surface area (Å²) in [4.78, 5) is 23.7. The lowest BCUT2D eigenvalue weighted by molar-refractivity contribution is -0.149. The fourth-order valence-corrected chi connectivity index (χ4v) is 2.76. The van der Waals surface area contributed by atoms with Crippen molar-refractivity contribution < 1.29 is 19.8 Å². The zero-order valence-electron chi connectivity index (χ0n) is 12.1. The van der Waals surface area contributed by atoms with Crippen LogP contribution >= 0.6 is 0 Å². The first-order chi connectivity index (χ1) is 9.91. The largest absolute Gasteiger partial charge is 0.508 e. The van der Waals surface area contributed by atoms with Crippen molar-refractivity contribution >= 4 is 11.9 Å². The molecule has 0 heterocycles. The Hall–Kier alpha value is -2.04. The summed E-state index contributed by atoms with van der Waals surface area (Å²) in [5.41, 5.74) is -0.379. The summed E-state index contributed by atoms with van der Waals surface area (Å²) in [6.07, 6.45) is 2.69. The predicted molar refractivity (Wildman–Crippen MR) is 78.0 cm³/mol. The second-order valence-corrected chi connectivity index (χ2v) is 5.96. The molecule has 0 bridgehead atoms. The van der Waals surface area contributed by atoms with Gasteiger partial charge in [-0.25, -0.2) is 4.79 Å². The summed E-state index contributed by atoms with van der Waals surface area (Å²) in [5.74, 6) is -0.597.